The first-order valence-corrected chi connectivity index (χ1v) is 8.28. The summed E-state index contributed by atoms with van der Waals surface area (Å²) in [6.45, 7) is 6.82. The van der Waals surface area contributed by atoms with Crippen molar-refractivity contribution in [2.75, 3.05) is 20.2 Å². The Labute approximate surface area is 137 Å². The number of likely N-dealkylation sites (tertiary alicyclic amines) is 1. The van der Waals surface area contributed by atoms with Crippen molar-refractivity contribution >= 4 is 5.91 Å². The fourth-order valence-corrected chi connectivity index (χ4v) is 2.90. The summed E-state index contributed by atoms with van der Waals surface area (Å²) in [4.78, 5) is 26.5. The van der Waals surface area contributed by atoms with Gasteiger partial charge in [0.05, 0.1) is 13.3 Å². The zero-order valence-corrected chi connectivity index (χ0v) is 14.3. The van der Waals surface area contributed by atoms with Crippen LogP contribution in [0.3, 0.4) is 0 Å². The highest BCUT2D eigenvalue weighted by Gasteiger charge is 2.15. The SMILES string of the molecule is COc1cn(CC(=O)NC(C)C)c(CN2CCCCC2)cc1=O. The van der Waals surface area contributed by atoms with E-state index in [1.165, 1.54) is 26.4 Å². The molecule has 23 heavy (non-hydrogen) atoms. The molecule has 1 aromatic rings. The fraction of sp³-hybridized carbons (Fsp3) is 0.647. The smallest absolute Gasteiger partial charge is 0.240 e. The monoisotopic (exact) mass is 321 g/mol. The van der Waals surface area contributed by atoms with Crippen LogP contribution in [-0.4, -0.2) is 41.6 Å². The van der Waals surface area contributed by atoms with Gasteiger partial charge in [-0.1, -0.05) is 6.42 Å². The van der Waals surface area contributed by atoms with Crippen LogP contribution in [-0.2, 0) is 17.9 Å². The van der Waals surface area contributed by atoms with Crippen LogP contribution in [0.25, 0.3) is 0 Å². The maximum absolute atomic E-state index is 12.1. The molecular weight excluding hydrogens is 294 g/mol. The third kappa shape index (κ3) is 5.10. The normalized spacial score (nSPS) is 15.7. The molecule has 2 rings (SSSR count). The van der Waals surface area contributed by atoms with E-state index in [0.717, 1.165) is 18.8 Å². The topological polar surface area (TPSA) is 63.6 Å². The van der Waals surface area contributed by atoms with Crippen molar-refractivity contribution in [2.24, 2.45) is 0 Å². The molecule has 0 bridgehead atoms. The van der Waals surface area contributed by atoms with Crippen molar-refractivity contribution < 1.29 is 9.53 Å². The molecule has 1 amide bonds. The van der Waals surface area contributed by atoms with E-state index in [0.29, 0.717) is 6.54 Å². The Morgan fingerprint density at radius 3 is 2.61 bits per heavy atom. The minimum absolute atomic E-state index is 0.0643. The molecule has 0 saturated carbocycles. The second-order valence-corrected chi connectivity index (χ2v) is 6.38. The summed E-state index contributed by atoms with van der Waals surface area (Å²) in [6.07, 6.45) is 5.28. The van der Waals surface area contributed by atoms with Crippen LogP contribution in [0.5, 0.6) is 5.75 Å². The summed E-state index contributed by atoms with van der Waals surface area (Å²) in [6, 6.07) is 1.69. The summed E-state index contributed by atoms with van der Waals surface area (Å²) in [5.74, 6) is 0.204. The lowest BCUT2D eigenvalue weighted by atomic mass is 10.1. The summed E-state index contributed by atoms with van der Waals surface area (Å²) >= 11 is 0. The average Bonchev–Trinajstić information content (AvgIpc) is 2.50. The number of hydrogen-bond donors (Lipinski definition) is 1. The van der Waals surface area contributed by atoms with Crippen molar-refractivity contribution in [3.05, 3.63) is 28.2 Å². The number of pyridine rings is 1. The van der Waals surface area contributed by atoms with E-state index >= 15 is 0 Å². The lowest BCUT2D eigenvalue weighted by molar-refractivity contribution is -0.122. The van der Waals surface area contributed by atoms with E-state index in [4.69, 9.17) is 4.74 Å². The summed E-state index contributed by atoms with van der Waals surface area (Å²) in [7, 11) is 1.47. The van der Waals surface area contributed by atoms with Gasteiger partial charge in [0.25, 0.3) is 0 Å². The number of carbonyl (C=O) groups is 1. The van der Waals surface area contributed by atoms with Gasteiger partial charge in [0.1, 0.15) is 6.54 Å². The summed E-state index contributed by atoms with van der Waals surface area (Å²) in [5.41, 5.74) is 0.719. The van der Waals surface area contributed by atoms with Crippen molar-refractivity contribution in [3.63, 3.8) is 0 Å². The summed E-state index contributed by atoms with van der Waals surface area (Å²) in [5, 5.41) is 2.88. The number of methoxy groups -OCH3 is 1. The molecule has 6 nitrogen and oxygen atoms in total. The number of piperidine rings is 1. The van der Waals surface area contributed by atoms with E-state index in [9.17, 15) is 9.59 Å². The predicted molar refractivity (Wildman–Crippen MR) is 89.7 cm³/mol. The predicted octanol–water partition coefficient (Wildman–Crippen LogP) is 1.37. The Morgan fingerprint density at radius 2 is 2.00 bits per heavy atom. The first kappa shape index (κ1) is 17.5. The number of rotatable bonds is 6. The van der Waals surface area contributed by atoms with Crippen LogP contribution in [0.4, 0.5) is 0 Å². The number of hydrogen-bond acceptors (Lipinski definition) is 4. The van der Waals surface area contributed by atoms with Crippen LogP contribution in [0.15, 0.2) is 17.1 Å². The van der Waals surface area contributed by atoms with Gasteiger partial charge in [-0.15, -0.1) is 0 Å². The highest BCUT2D eigenvalue weighted by Crippen LogP contribution is 2.14. The van der Waals surface area contributed by atoms with Gasteiger partial charge in [0.2, 0.25) is 11.3 Å². The van der Waals surface area contributed by atoms with Crippen LogP contribution in [0.2, 0.25) is 0 Å². The molecular formula is C17H27N3O3. The zero-order chi connectivity index (χ0) is 16.8. The van der Waals surface area contributed by atoms with Gasteiger partial charge < -0.3 is 14.6 Å². The lowest BCUT2D eigenvalue weighted by Gasteiger charge is -2.27. The van der Waals surface area contributed by atoms with E-state index in [1.54, 1.807) is 12.3 Å². The molecule has 0 spiro atoms. The van der Waals surface area contributed by atoms with Gasteiger partial charge in [-0.3, -0.25) is 14.5 Å². The van der Waals surface area contributed by atoms with Gasteiger partial charge in [0.15, 0.2) is 5.75 Å². The van der Waals surface area contributed by atoms with Crippen LogP contribution in [0, 0.1) is 0 Å². The molecule has 6 heteroatoms. The quantitative estimate of drug-likeness (QED) is 0.859. The molecule has 1 N–H and O–H groups in total. The van der Waals surface area contributed by atoms with Crippen molar-refractivity contribution in [1.29, 1.82) is 0 Å². The third-order valence-electron chi connectivity index (χ3n) is 4.00. The molecule has 1 aliphatic rings. The Bertz CT molecular complexity index is 589. The number of carbonyl (C=O) groups excluding carboxylic acids is 1. The maximum atomic E-state index is 12.1. The molecule has 0 radical (unpaired) electrons. The van der Waals surface area contributed by atoms with Crippen LogP contribution < -0.4 is 15.5 Å². The molecule has 1 aromatic heterocycles. The minimum atomic E-state index is -0.139. The standard InChI is InChI=1S/C17H27N3O3/c1-13(2)18-17(22)12-20-11-16(23-3)15(21)9-14(20)10-19-7-5-4-6-8-19/h9,11,13H,4-8,10,12H2,1-3H3,(H,18,22). The number of aromatic nitrogens is 1. The number of nitrogens with one attached hydrogen (secondary N) is 1. The fourth-order valence-electron chi connectivity index (χ4n) is 2.90. The Balaban J connectivity index is 2.21. The van der Waals surface area contributed by atoms with Crippen molar-refractivity contribution in [2.45, 2.75) is 52.2 Å². The first-order valence-electron chi connectivity index (χ1n) is 8.28. The molecule has 0 unspecified atom stereocenters. The molecule has 2 heterocycles. The highest BCUT2D eigenvalue weighted by molar-refractivity contribution is 5.76. The van der Waals surface area contributed by atoms with Gasteiger partial charge in [-0.05, 0) is 39.8 Å². The highest BCUT2D eigenvalue weighted by atomic mass is 16.5. The zero-order valence-electron chi connectivity index (χ0n) is 14.3. The summed E-state index contributed by atoms with van der Waals surface area (Å²) < 4.78 is 6.94. The molecule has 0 aromatic carbocycles. The largest absolute Gasteiger partial charge is 0.491 e. The Hall–Kier alpha value is -1.82. The molecule has 1 fully saturated rings. The number of ether oxygens (including phenoxy) is 1. The molecule has 0 atom stereocenters. The van der Waals surface area contributed by atoms with Gasteiger partial charge in [-0.2, -0.15) is 0 Å². The van der Waals surface area contributed by atoms with Gasteiger partial charge in [0, 0.05) is 24.3 Å². The molecule has 128 valence electrons. The third-order valence-corrected chi connectivity index (χ3v) is 4.00. The Kier molecular flexibility index (Phi) is 6.21. The van der Waals surface area contributed by atoms with E-state index in [2.05, 4.69) is 10.2 Å². The van der Waals surface area contributed by atoms with Crippen LogP contribution >= 0.6 is 0 Å². The second-order valence-electron chi connectivity index (χ2n) is 6.38. The Morgan fingerprint density at radius 1 is 1.30 bits per heavy atom. The van der Waals surface area contributed by atoms with E-state index < -0.39 is 0 Å². The maximum Gasteiger partial charge on any atom is 0.240 e. The van der Waals surface area contributed by atoms with E-state index in [-0.39, 0.29) is 29.7 Å². The molecule has 0 aliphatic carbocycles. The average molecular weight is 321 g/mol. The van der Waals surface area contributed by atoms with Crippen molar-refractivity contribution in [3.8, 4) is 5.75 Å². The second kappa shape index (κ2) is 8.15. The minimum Gasteiger partial charge on any atom is -0.491 e. The van der Waals surface area contributed by atoms with E-state index in [1.807, 2.05) is 18.4 Å². The molecule has 1 saturated heterocycles. The van der Waals surface area contributed by atoms with Crippen molar-refractivity contribution in [1.82, 2.24) is 14.8 Å². The van der Waals surface area contributed by atoms with Gasteiger partial charge >= 0.3 is 0 Å². The number of amides is 1. The van der Waals surface area contributed by atoms with Gasteiger partial charge in [-0.25, -0.2) is 0 Å². The van der Waals surface area contributed by atoms with Crippen LogP contribution in [0.1, 0.15) is 38.8 Å². The lowest BCUT2D eigenvalue weighted by Crippen LogP contribution is -2.35. The first-order chi connectivity index (χ1) is 11.0. The molecule has 1 aliphatic heterocycles. The number of nitrogens with zero attached hydrogens (tertiary/aromatic N) is 2.